The Morgan fingerprint density at radius 2 is 1.84 bits per heavy atom. The number of hydrogen-bond donors (Lipinski definition) is 0. The van der Waals surface area contributed by atoms with Crippen LogP contribution >= 0.6 is 22.9 Å². The summed E-state index contributed by atoms with van der Waals surface area (Å²) in [4.78, 5) is 32.6. The molecular weight excluding hydrogens is 508 g/mol. The van der Waals surface area contributed by atoms with Crippen LogP contribution in [-0.4, -0.2) is 24.3 Å². The Kier molecular flexibility index (Phi) is 7.08. The maximum absolute atomic E-state index is 13.8. The minimum absolute atomic E-state index is 0.191. The van der Waals surface area contributed by atoms with Gasteiger partial charge in [-0.05, 0) is 48.4 Å². The summed E-state index contributed by atoms with van der Waals surface area (Å²) in [5, 5.41) is 0.614. The van der Waals surface area contributed by atoms with Crippen molar-refractivity contribution in [2.75, 3.05) is 13.7 Å². The van der Waals surface area contributed by atoms with Gasteiger partial charge in [-0.2, -0.15) is 0 Å². The molecule has 2 heterocycles. The van der Waals surface area contributed by atoms with E-state index in [-0.39, 0.29) is 12.2 Å². The van der Waals surface area contributed by atoms with Gasteiger partial charge in [0.1, 0.15) is 5.75 Å². The zero-order chi connectivity index (χ0) is 25.9. The highest BCUT2D eigenvalue weighted by Crippen LogP contribution is 2.36. The van der Waals surface area contributed by atoms with Crippen LogP contribution in [-0.2, 0) is 9.53 Å². The van der Waals surface area contributed by atoms with Gasteiger partial charge in [-0.3, -0.25) is 9.36 Å². The Labute approximate surface area is 222 Å². The maximum Gasteiger partial charge on any atom is 0.338 e. The second-order valence-corrected chi connectivity index (χ2v) is 9.71. The van der Waals surface area contributed by atoms with Crippen LogP contribution in [0.25, 0.3) is 11.8 Å². The predicted octanol–water partition coefficient (Wildman–Crippen LogP) is 4.60. The smallest absolute Gasteiger partial charge is 0.338 e. The normalized spacial score (nSPS) is 15.2. The van der Waals surface area contributed by atoms with Crippen LogP contribution in [0.5, 0.6) is 5.75 Å². The summed E-state index contributed by atoms with van der Waals surface area (Å²) < 4.78 is 13.0. The van der Waals surface area contributed by atoms with Gasteiger partial charge in [0.05, 0.1) is 35.6 Å². The van der Waals surface area contributed by atoms with Crippen LogP contribution in [0.15, 0.2) is 94.2 Å². The third-order valence-corrected chi connectivity index (χ3v) is 7.19. The molecule has 4 aromatic rings. The van der Waals surface area contributed by atoms with Crippen LogP contribution in [0.4, 0.5) is 0 Å². The first-order valence-corrected chi connectivity index (χ1v) is 12.9. The summed E-state index contributed by atoms with van der Waals surface area (Å²) in [5.41, 5.74) is 2.83. The lowest BCUT2D eigenvalue weighted by atomic mass is 9.93. The Bertz CT molecular complexity index is 1670. The van der Waals surface area contributed by atoms with Gasteiger partial charge in [-0.25, -0.2) is 9.79 Å². The van der Waals surface area contributed by atoms with Gasteiger partial charge in [0.25, 0.3) is 5.56 Å². The van der Waals surface area contributed by atoms with Crippen molar-refractivity contribution >= 4 is 40.7 Å². The molecule has 8 heteroatoms. The largest absolute Gasteiger partial charge is 0.497 e. The number of carbonyl (C=O) groups excluding carboxylic acids is 1. The van der Waals surface area contributed by atoms with E-state index in [9.17, 15) is 9.59 Å². The van der Waals surface area contributed by atoms with Crippen molar-refractivity contribution in [3.8, 4) is 5.75 Å². The van der Waals surface area contributed by atoms with Crippen molar-refractivity contribution < 1.29 is 14.3 Å². The summed E-state index contributed by atoms with van der Waals surface area (Å²) in [6.07, 6.45) is 1.80. The fraction of sp³-hybridized carbons (Fsp3) is 0.138. The van der Waals surface area contributed by atoms with Crippen molar-refractivity contribution in [3.63, 3.8) is 0 Å². The van der Waals surface area contributed by atoms with E-state index in [1.807, 2.05) is 66.7 Å². The van der Waals surface area contributed by atoms with Gasteiger partial charge in [0, 0.05) is 10.6 Å². The standard InChI is InChI=1S/C29H23ClN2O4S/c1-3-36-28(34)24-25(19-8-5-4-6-9-19)31-29-32(26(24)20-10-7-11-22(17-20)35-2)27(33)23(37-29)16-18-12-14-21(30)15-13-18/h4-17,26H,3H2,1-2H3/b23-16-/t26-/m0/s1. The number of methoxy groups -OCH3 is 1. The van der Waals surface area contributed by atoms with Gasteiger partial charge in [-0.15, -0.1) is 0 Å². The molecule has 0 saturated carbocycles. The summed E-state index contributed by atoms with van der Waals surface area (Å²) in [6, 6.07) is 23.3. The third kappa shape index (κ3) is 4.88. The van der Waals surface area contributed by atoms with E-state index >= 15 is 0 Å². The molecule has 186 valence electrons. The van der Waals surface area contributed by atoms with Crippen molar-refractivity contribution in [3.05, 3.63) is 126 Å². The fourth-order valence-electron chi connectivity index (χ4n) is 4.28. The van der Waals surface area contributed by atoms with Gasteiger partial charge in [0.2, 0.25) is 0 Å². The zero-order valence-corrected chi connectivity index (χ0v) is 21.8. The molecular formula is C29H23ClN2O4S. The zero-order valence-electron chi connectivity index (χ0n) is 20.2. The number of esters is 1. The molecule has 0 unspecified atom stereocenters. The molecule has 3 aromatic carbocycles. The lowest BCUT2D eigenvalue weighted by molar-refractivity contribution is -0.138. The van der Waals surface area contributed by atoms with Crippen LogP contribution in [0.3, 0.4) is 0 Å². The summed E-state index contributed by atoms with van der Waals surface area (Å²) in [6.45, 7) is 1.94. The number of halogens is 1. The van der Waals surface area contributed by atoms with Crippen LogP contribution < -0.4 is 19.6 Å². The molecule has 0 fully saturated rings. The van der Waals surface area contributed by atoms with Gasteiger partial charge in [-0.1, -0.05) is 77.5 Å². The third-order valence-electron chi connectivity index (χ3n) is 5.95. The van der Waals surface area contributed by atoms with Crippen molar-refractivity contribution in [1.82, 2.24) is 4.57 Å². The number of benzene rings is 3. The van der Waals surface area contributed by atoms with E-state index in [4.69, 9.17) is 26.1 Å². The highest BCUT2D eigenvalue weighted by atomic mass is 35.5. The first-order chi connectivity index (χ1) is 18.0. The second kappa shape index (κ2) is 10.6. The van der Waals surface area contributed by atoms with Crippen molar-refractivity contribution in [2.24, 2.45) is 4.99 Å². The molecule has 6 nitrogen and oxygen atoms in total. The lowest BCUT2D eigenvalue weighted by Crippen LogP contribution is -2.40. The number of carbonyl (C=O) groups is 1. The highest BCUT2D eigenvalue weighted by molar-refractivity contribution is 7.07. The van der Waals surface area contributed by atoms with E-state index in [2.05, 4.69) is 0 Å². The van der Waals surface area contributed by atoms with Crippen LogP contribution in [0.1, 0.15) is 29.7 Å². The lowest BCUT2D eigenvalue weighted by Gasteiger charge is -2.26. The molecule has 1 aliphatic rings. The average molecular weight is 531 g/mol. The van der Waals surface area contributed by atoms with E-state index in [0.717, 1.165) is 11.1 Å². The summed E-state index contributed by atoms with van der Waals surface area (Å²) >= 11 is 7.31. The Morgan fingerprint density at radius 1 is 1.08 bits per heavy atom. The molecule has 0 bridgehead atoms. The van der Waals surface area contributed by atoms with Crippen molar-refractivity contribution in [2.45, 2.75) is 13.0 Å². The molecule has 5 rings (SSSR count). The Balaban J connectivity index is 1.83. The Hall–Kier alpha value is -3.94. The molecule has 37 heavy (non-hydrogen) atoms. The molecule has 1 aromatic heterocycles. The minimum Gasteiger partial charge on any atom is -0.497 e. The maximum atomic E-state index is 13.8. The van der Waals surface area contributed by atoms with Crippen molar-refractivity contribution in [1.29, 1.82) is 0 Å². The SMILES string of the molecule is CCOC(=O)C1=C(c2ccccc2)N=c2s/c(=C\c3ccc(Cl)cc3)c(=O)n2[C@H]1c1cccc(OC)c1. The van der Waals surface area contributed by atoms with Gasteiger partial charge in [0.15, 0.2) is 4.80 Å². The van der Waals surface area contributed by atoms with E-state index in [0.29, 0.717) is 36.9 Å². The molecule has 0 saturated heterocycles. The average Bonchev–Trinajstić information content (AvgIpc) is 3.24. The highest BCUT2D eigenvalue weighted by Gasteiger charge is 2.35. The second-order valence-electron chi connectivity index (χ2n) is 8.26. The quantitative estimate of drug-likeness (QED) is 0.342. The van der Waals surface area contributed by atoms with Gasteiger partial charge >= 0.3 is 5.97 Å². The van der Waals surface area contributed by atoms with E-state index < -0.39 is 12.0 Å². The molecule has 1 atom stereocenters. The minimum atomic E-state index is -0.757. The first kappa shape index (κ1) is 24.7. The number of thiazole rings is 1. The van der Waals surface area contributed by atoms with Gasteiger partial charge < -0.3 is 9.47 Å². The molecule has 0 N–H and O–H groups in total. The molecule has 0 spiro atoms. The molecule has 1 aliphatic heterocycles. The number of fused-ring (bicyclic) bond motifs is 1. The number of hydrogen-bond acceptors (Lipinski definition) is 6. The first-order valence-electron chi connectivity index (χ1n) is 11.7. The van der Waals surface area contributed by atoms with Crippen LogP contribution in [0, 0.1) is 0 Å². The monoisotopic (exact) mass is 530 g/mol. The Morgan fingerprint density at radius 3 is 2.54 bits per heavy atom. The molecule has 0 aliphatic carbocycles. The molecule has 0 amide bonds. The predicted molar refractivity (Wildman–Crippen MR) is 146 cm³/mol. The number of nitrogens with zero attached hydrogens (tertiary/aromatic N) is 2. The number of ether oxygens (including phenoxy) is 2. The van der Waals surface area contributed by atoms with E-state index in [1.165, 1.54) is 11.3 Å². The number of rotatable bonds is 6. The van der Waals surface area contributed by atoms with Crippen LogP contribution in [0.2, 0.25) is 5.02 Å². The van der Waals surface area contributed by atoms with E-state index in [1.54, 1.807) is 36.8 Å². The molecule has 0 radical (unpaired) electrons. The topological polar surface area (TPSA) is 69.9 Å². The summed E-state index contributed by atoms with van der Waals surface area (Å²) in [7, 11) is 1.58. The number of aromatic nitrogens is 1. The summed E-state index contributed by atoms with van der Waals surface area (Å²) in [5.74, 6) is 0.0900. The fourth-order valence-corrected chi connectivity index (χ4v) is 5.40.